The Kier molecular flexibility index (Phi) is 6.12. The normalized spacial score (nSPS) is 11.8. The van der Waals surface area contributed by atoms with Gasteiger partial charge in [-0.3, -0.25) is 0 Å². The second-order valence-corrected chi connectivity index (χ2v) is 13.6. The first-order chi connectivity index (χ1) is 23.8. The van der Waals surface area contributed by atoms with E-state index in [2.05, 4.69) is 181 Å². The van der Waals surface area contributed by atoms with Crippen molar-refractivity contribution in [2.45, 2.75) is 0 Å². The molecule has 0 N–H and O–H groups in total. The lowest BCUT2D eigenvalue weighted by atomic mass is 9.94. The molecule has 0 spiro atoms. The number of hydrogen-bond acceptors (Lipinski definition) is 2. The van der Waals surface area contributed by atoms with E-state index >= 15 is 0 Å². The molecule has 48 heavy (non-hydrogen) atoms. The Morgan fingerprint density at radius 1 is 0.333 bits per heavy atom. The summed E-state index contributed by atoms with van der Waals surface area (Å²) in [6, 6.07) is 64.6. The van der Waals surface area contributed by atoms with Gasteiger partial charge in [0.1, 0.15) is 0 Å². The third kappa shape index (κ3) is 4.31. The van der Waals surface area contributed by atoms with Crippen LogP contribution in [0.2, 0.25) is 0 Å². The molecule has 0 fully saturated rings. The molecular weight excluding hydrogens is 599 g/mol. The van der Waals surface area contributed by atoms with E-state index in [4.69, 9.17) is 0 Å². The van der Waals surface area contributed by atoms with Crippen molar-refractivity contribution in [1.29, 1.82) is 0 Å². The maximum atomic E-state index is 2.44. The summed E-state index contributed by atoms with van der Waals surface area (Å²) in [6.07, 6.45) is 0. The molecule has 9 aromatic carbocycles. The maximum Gasteiger partial charge on any atom is 0.0546 e. The number of hydrogen-bond donors (Lipinski definition) is 0. The van der Waals surface area contributed by atoms with E-state index in [9.17, 15) is 0 Å². The number of fused-ring (bicyclic) bond motifs is 9. The predicted octanol–water partition coefficient (Wildman–Crippen LogP) is 13.8. The smallest absolute Gasteiger partial charge is 0.0546 e. The van der Waals surface area contributed by atoms with Crippen molar-refractivity contribution in [2.75, 3.05) is 4.90 Å². The van der Waals surface area contributed by atoms with Crippen molar-refractivity contribution in [2.24, 2.45) is 0 Å². The van der Waals surface area contributed by atoms with Crippen molar-refractivity contribution in [3.63, 3.8) is 0 Å². The second kappa shape index (κ2) is 10.8. The Hall–Kier alpha value is -5.96. The summed E-state index contributed by atoms with van der Waals surface area (Å²) in [7, 11) is 0. The van der Waals surface area contributed by atoms with Crippen LogP contribution in [0.5, 0.6) is 0 Å². The Labute approximate surface area is 282 Å². The molecule has 0 radical (unpaired) electrons. The molecule has 0 unspecified atom stereocenters. The molecule has 1 aromatic heterocycles. The van der Waals surface area contributed by atoms with Crippen molar-refractivity contribution in [1.82, 2.24) is 0 Å². The van der Waals surface area contributed by atoms with Crippen LogP contribution in [0.3, 0.4) is 0 Å². The van der Waals surface area contributed by atoms with E-state index in [1.165, 1.54) is 80.1 Å². The number of nitrogens with zero attached hydrogens (tertiary/aromatic N) is 1. The molecule has 0 aliphatic carbocycles. The number of anilines is 3. The number of rotatable bonds is 4. The van der Waals surface area contributed by atoms with Crippen LogP contribution in [-0.2, 0) is 0 Å². The summed E-state index contributed by atoms with van der Waals surface area (Å²) < 4.78 is 2.65. The van der Waals surface area contributed by atoms with E-state index in [1.807, 2.05) is 11.3 Å². The van der Waals surface area contributed by atoms with Gasteiger partial charge in [-0.1, -0.05) is 127 Å². The van der Waals surface area contributed by atoms with Gasteiger partial charge >= 0.3 is 0 Å². The highest BCUT2D eigenvalue weighted by Crippen LogP contribution is 2.45. The summed E-state index contributed by atoms with van der Waals surface area (Å²) in [5, 5.41) is 12.7. The van der Waals surface area contributed by atoms with Crippen LogP contribution >= 0.6 is 11.3 Å². The zero-order valence-corrected chi connectivity index (χ0v) is 26.9. The van der Waals surface area contributed by atoms with Crippen molar-refractivity contribution >= 4 is 91.7 Å². The molecule has 0 aliphatic heterocycles. The minimum absolute atomic E-state index is 1.13. The van der Waals surface area contributed by atoms with Crippen LogP contribution < -0.4 is 4.90 Å². The summed E-state index contributed by atoms with van der Waals surface area (Å²) in [6.45, 7) is 0. The van der Waals surface area contributed by atoms with Crippen molar-refractivity contribution < 1.29 is 0 Å². The third-order valence-electron chi connectivity index (χ3n) is 9.78. The molecule has 0 saturated heterocycles. The standard InChI is InChI=1S/C46H29NS/c1-2-10-30(11-3-1)31-20-23-36(24-21-31)47(37-25-22-33-27-42-40-15-8-9-17-44(40)48-45(42)29-35(33)26-37)43-28-34-19-18-32-12-4-5-13-38(32)46(34)41-16-7-6-14-39(41)43/h1-29H. The van der Waals surface area contributed by atoms with E-state index in [1.54, 1.807) is 0 Å². The van der Waals surface area contributed by atoms with Crippen LogP contribution in [0, 0.1) is 0 Å². The highest BCUT2D eigenvalue weighted by Gasteiger charge is 2.19. The van der Waals surface area contributed by atoms with Crippen molar-refractivity contribution in [3.8, 4) is 11.1 Å². The summed E-state index contributed by atoms with van der Waals surface area (Å²) in [5.41, 5.74) is 5.86. The van der Waals surface area contributed by atoms with E-state index < -0.39 is 0 Å². The van der Waals surface area contributed by atoms with Gasteiger partial charge in [-0.2, -0.15) is 0 Å². The molecule has 0 aliphatic rings. The highest BCUT2D eigenvalue weighted by atomic mass is 32.1. The Morgan fingerprint density at radius 3 is 1.83 bits per heavy atom. The lowest BCUT2D eigenvalue weighted by molar-refractivity contribution is 1.31. The molecule has 0 saturated carbocycles. The quantitative estimate of drug-likeness (QED) is 0.176. The van der Waals surface area contributed by atoms with Gasteiger partial charge in [-0.25, -0.2) is 0 Å². The zero-order chi connectivity index (χ0) is 31.6. The monoisotopic (exact) mass is 627 g/mol. The molecule has 0 bridgehead atoms. The molecule has 10 rings (SSSR count). The van der Waals surface area contributed by atoms with E-state index in [0.29, 0.717) is 0 Å². The molecule has 10 aromatic rings. The zero-order valence-electron chi connectivity index (χ0n) is 26.1. The van der Waals surface area contributed by atoms with Gasteiger partial charge in [-0.05, 0) is 97.4 Å². The highest BCUT2D eigenvalue weighted by molar-refractivity contribution is 7.25. The minimum atomic E-state index is 1.13. The third-order valence-corrected chi connectivity index (χ3v) is 10.9. The molecule has 1 heterocycles. The van der Waals surface area contributed by atoms with Gasteiger partial charge in [0.15, 0.2) is 0 Å². The first kappa shape index (κ1) is 27.2. The lowest BCUT2D eigenvalue weighted by Gasteiger charge is -2.28. The first-order valence-electron chi connectivity index (χ1n) is 16.4. The fourth-order valence-electron chi connectivity index (χ4n) is 7.50. The van der Waals surface area contributed by atoms with Gasteiger partial charge in [0.25, 0.3) is 0 Å². The minimum Gasteiger partial charge on any atom is -0.310 e. The fourth-order valence-corrected chi connectivity index (χ4v) is 8.64. The van der Waals surface area contributed by atoms with Gasteiger partial charge < -0.3 is 4.90 Å². The Morgan fingerprint density at radius 2 is 0.979 bits per heavy atom. The Balaban J connectivity index is 1.23. The predicted molar refractivity (Wildman–Crippen MR) is 209 cm³/mol. The average molecular weight is 628 g/mol. The number of thiophene rings is 1. The largest absolute Gasteiger partial charge is 0.310 e. The molecule has 2 heteroatoms. The van der Waals surface area contributed by atoms with Crippen LogP contribution in [-0.4, -0.2) is 0 Å². The maximum absolute atomic E-state index is 2.44. The average Bonchev–Trinajstić information content (AvgIpc) is 3.51. The summed E-state index contributed by atoms with van der Waals surface area (Å²) in [5.74, 6) is 0. The number of benzene rings is 9. The Bertz CT molecular complexity index is 2830. The fraction of sp³-hybridized carbons (Fsp3) is 0. The van der Waals surface area contributed by atoms with Gasteiger partial charge in [0.2, 0.25) is 0 Å². The lowest BCUT2D eigenvalue weighted by Crippen LogP contribution is -2.10. The van der Waals surface area contributed by atoms with Gasteiger partial charge in [-0.15, -0.1) is 11.3 Å². The molecule has 224 valence electrons. The summed E-state index contributed by atoms with van der Waals surface area (Å²) in [4.78, 5) is 2.44. The van der Waals surface area contributed by atoms with Crippen LogP contribution in [0.1, 0.15) is 0 Å². The topological polar surface area (TPSA) is 3.24 Å². The SMILES string of the molecule is c1ccc(-c2ccc(N(c3ccc4cc5c(cc4c3)sc3ccccc35)c3cc4ccc5ccccc5c4c4ccccc34)cc2)cc1. The van der Waals surface area contributed by atoms with E-state index in [-0.39, 0.29) is 0 Å². The first-order valence-corrected chi connectivity index (χ1v) is 17.2. The molecule has 0 amide bonds. The van der Waals surface area contributed by atoms with E-state index in [0.717, 1.165) is 11.4 Å². The van der Waals surface area contributed by atoms with Crippen molar-refractivity contribution in [3.05, 3.63) is 176 Å². The summed E-state index contributed by atoms with van der Waals surface area (Å²) >= 11 is 1.87. The van der Waals surface area contributed by atoms with Crippen LogP contribution in [0.4, 0.5) is 17.1 Å². The van der Waals surface area contributed by atoms with Gasteiger partial charge in [0.05, 0.1) is 5.69 Å². The molecule has 1 nitrogen and oxygen atoms in total. The molecular formula is C46H29NS. The molecule has 0 atom stereocenters. The van der Waals surface area contributed by atoms with Gasteiger partial charge in [0, 0.05) is 36.9 Å². The van der Waals surface area contributed by atoms with Crippen LogP contribution in [0.15, 0.2) is 176 Å². The second-order valence-electron chi connectivity index (χ2n) is 12.6. The van der Waals surface area contributed by atoms with Crippen LogP contribution in [0.25, 0.3) is 74.4 Å².